The van der Waals surface area contributed by atoms with Gasteiger partial charge in [-0.1, -0.05) is 157 Å². The summed E-state index contributed by atoms with van der Waals surface area (Å²) in [6.07, 6.45) is 5.85. The van der Waals surface area contributed by atoms with Gasteiger partial charge >= 0.3 is 6.09 Å². The molecule has 66 heavy (non-hydrogen) atoms. The Hall–Kier alpha value is -7.86. The predicted molar refractivity (Wildman–Crippen MR) is 258 cm³/mol. The number of pyridine rings is 1. The van der Waals surface area contributed by atoms with Crippen LogP contribution < -0.4 is 5.32 Å². The summed E-state index contributed by atoms with van der Waals surface area (Å²) in [5.41, 5.74) is 7.56. The first kappa shape index (κ1) is 43.4. The predicted octanol–water partition coefficient (Wildman–Crippen LogP) is 9.21. The third-order valence-corrected chi connectivity index (χ3v) is 11.9. The van der Waals surface area contributed by atoms with Gasteiger partial charge in [0.1, 0.15) is 29.0 Å². The lowest BCUT2D eigenvalue weighted by atomic mass is 9.77. The van der Waals surface area contributed by atoms with Crippen molar-refractivity contribution in [3.8, 4) is 0 Å². The maximum absolute atomic E-state index is 14.6. The van der Waals surface area contributed by atoms with E-state index in [2.05, 4.69) is 66.0 Å². The Morgan fingerprint density at radius 1 is 0.742 bits per heavy atom. The second-order valence-corrected chi connectivity index (χ2v) is 17.6. The van der Waals surface area contributed by atoms with Crippen molar-refractivity contribution >= 4 is 34.6 Å². The number of benzene rings is 5. The molecule has 1 aliphatic heterocycles. The second-order valence-electron chi connectivity index (χ2n) is 17.6. The fraction of sp³-hybridized carbons (Fsp3) is 0.222. The third kappa shape index (κ3) is 9.08. The SMILES string of the molecule is CNc1cc(/C2=C/CN(C(=O)OC(C)(C)C)CC(=O)N(CCc3ccccc3)Cc3cccc(c3)Cn3cc2cn3)c2nnn(C(c3ccccc3)(c3ccccc3)c3ccccc3)c2n1. The number of nitrogens with one attached hydrogen (secondary N) is 1. The largest absolute Gasteiger partial charge is 0.444 e. The summed E-state index contributed by atoms with van der Waals surface area (Å²) in [5, 5.41) is 18.2. The van der Waals surface area contributed by atoms with Crippen molar-refractivity contribution in [2.45, 2.75) is 51.4 Å². The summed E-state index contributed by atoms with van der Waals surface area (Å²) >= 11 is 0. The van der Waals surface area contributed by atoms with Crippen molar-refractivity contribution in [2.24, 2.45) is 0 Å². The number of ether oxygens (including phenoxy) is 1. The zero-order valence-electron chi connectivity index (χ0n) is 37.7. The molecule has 4 heterocycles. The number of carbonyl (C=O) groups excluding carboxylic acids is 2. The van der Waals surface area contributed by atoms with Crippen molar-refractivity contribution in [1.29, 1.82) is 0 Å². The van der Waals surface area contributed by atoms with Gasteiger partial charge < -0.3 is 15.0 Å². The maximum atomic E-state index is 14.6. The number of nitrogens with zero attached hydrogens (tertiary/aromatic N) is 8. The van der Waals surface area contributed by atoms with Crippen LogP contribution in [-0.4, -0.2) is 83.8 Å². The zero-order chi connectivity index (χ0) is 45.7. The normalized spacial score (nSPS) is 14.5. The molecule has 0 saturated heterocycles. The van der Waals surface area contributed by atoms with E-state index in [1.165, 1.54) is 4.90 Å². The van der Waals surface area contributed by atoms with E-state index in [1.54, 1.807) is 0 Å². The van der Waals surface area contributed by atoms with Crippen LogP contribution in [0, 0.1) is 0 Å². The number of hydrogen-bond donors (Lipinski definition) is 1. The summed E-state index contributed by atoms with van der Waals surface area (Å²) in [6, 6.07) is 51.2. The topological polar surface area (TPSA) is 123 Å². The number of anilines is 1. The van der Waals surface area contributed by atoms with Gasteiger partial charge in [-0.3, -0.25) is 14.4 Å². The summed E-state index contributed by atoms with van der Waals surface area (Å²) in [7, 11) is 1.83. The smallest absolute Gasteiger partial charge is 0.411 e. The minimum absolute atomic E-state index is 0.0380. The summed E-state index contributed by atoms with van der Waals surface area (Å²) in [5.74, 6) is 0.391. The summed E-state index contributed by atoms with van der Waals surface area (Å²) < 4.78 is 9.81. The van der Waals surface area contributed by atoms with Crippen LogP contribution in [0.3, 0.4) is 0 Å². The molecule has 0 atom stereocenters. The van der Waals surface area contributed by atoms with Gasteiger partial charge in [0, 0.05) is 44.0 Å². The highest BCUT2D eigenvalue weighted by Crippen LogP contribution is 2.43. The van der Waals surface area contributed by atoms with E-state index >= 15 is 0 Å². The first-order valence-corrected chi connectivity index (χ1v) is 22.3. The number of carbonyl (C=O) groups is 2. The van der Waals surface area contributed by atoms with Crippen molar-refractivity contribution in [3.05, 3.63) is 215 Å². The van der Waals surface area contributed by atoms with E-state index in [0.717, 1.165) is 44.5 Å². The van der Waals surface area contributed by atoms with Gasteiger partial charge in [0.15, 0.2) is 5.65 Å². The molecule has 3 aromatic heterocycles. The van der Waals surface area contributed by atoms with E-state index in [-0.39, 0.29) is 19.0 Å². The zero-order valence-corrected chi connectivity index (χ0v) is 37.7. The average Bonchev–Trinajstić information content (AvgIpc) is 3.98. The van der Waals surface area contributed by atoms with Crippen LogP contribution in [0.4, 0.5) is 10.6 Å². The van der Waals surface area contributed by atoms with Crippen molar-refractivity contribution in [3.63, 3.8) is 0 Å². The molecule has 0 radical (unpaired) electrons. The van der Waals surface area contributed by atoms with Crippen LogP contribution >= 0.6 is 0 Å². The Kier molecular flexibility index (Phi) is 12.3. The molecule has 9 rings (SSSR count). The molecule has 5 aromatic carbocycles. The van der Waals surface area contributed by atoms with Gasteiger partial charge in [0.25, 0.3) is 0 Å². The van der Waals surface area contributed by atoms with Crippen LogP contribution in [-0.2, 0) is 34.6 Å². The molecule has 0 aliphatic carbocycles. The lowest BCUT2D eigenvalue weighted by Crippen LogP contribution is -2.45. The molecule has 0 saturated carbocycles. The Morgan fingerprint density at radius 2 is 1.35 bits per heavy atom. The minimum Gasteiger partial charge on any atom is -0.444 e. The Labute approximate surface area is 385 Å². The van der Waals surface area contributed by atoms with Gasteiger partial charge in [-0.15, -0.1) is 5.10 Å². The minimum atomic E-state index is -0.995. The lowest BCUT2D eigenvalue weighted by Gasteiger charge is -2.36. The lowest BCUT2D eigenvalue weighted by molar-refractivity contribution is -0.132. The van der Waals surface area contributed by atoms with Gasteiger partial charge in [-0.2, -0.15) is 5.10 Å². The molecule has 1 N–H and O–H groups in total. The molecule has 0 fully saturated rings. The molecule has 0 unspecified atom stereocenters. The standard InChI is InChI=1S/C54H53N9O3/c1-53(2,3)66-52(65)61-31-29-46(42-34-56-62(37-42)36-41-21-17-20-40(32-41)35-60(49(64)38-61)30-28-39-18-9-5-10-19-39)47-33-48(55-4)57-51-50(47)58-59-63(51)54(43-22-11-6-12-23-43,44-24-13-7-14-25-44)45-26-15-8-16-27-45/h5-27,29,32-34,37H,28,30-31,35-36,38H2,1-4H3,(H,55,57)/b46-29+. The molecule has 332 valence electrons. The average molecular weight is 876 g/mol. The Balaban J connectivity index is 1.23. The van der Waals surface area contributed by atoms with E-state index in [9.17, 15) is 9.59 Å². The third-order valence-electron chi connectivity index (χ3n) is 11.9. The molecular weight excluding hydrogens is 823 g/mol. The van der Waals surface area contributed by atoms with Gasteiger partial charge in [0.2, 0.25) is 5.91 Å². The molecule has 2 amide bonds. The Morgan fingerprint density at radius 3 is 1.95 bits per heavy atom. The Bertz CT molecular complexity index is 2880. The van der Waals surface area contributed by atoms with Gasteiger partial charge in [-0.25, -0.2) is 14.5 Å². The van der Waals surface area contributed by atoms with Crippen molar-refractivity contribution < 1.29 is 14.3 Å². The summed E-state index contributed by atoms with van der Waals surface area (Å²) in [6.45, 7) is 6.65. The highest BCUT2D eigenvalue weighted by molar-refractivity contribution is 5.94. The molecule has 0 spiro atoms. The highest BCUT2D eigenvalue weighted by Gasteiger charge is 2.42. The first-order valence-electron chi connectivity index (χ1n) is 22.3. The highest BCUT2D eigenvalue weighted by atomic mass is 16.6. The van der Waals surface area contributed by atoms with Crippen LogP contribution in [0.1, 0.15) is 65.3 Å². The molecule has 12 heteroatoms. The van der Waals surface area contributed by atoms with E-state index in [4.69, 9.17) is 25.1 Å². The number of fused-ring (bicyclic) bond motifs is 5. The molecule has 4 bridgehead atoms. The number of hydrogen-bond acceptors (Lipinski definition) is 8. The monoisotopic (exact) mass is 875 g/mol. The fourth-order valence-electron chi connectivity index (χ4n) is 8.77. The van der Waals surface area contributed by atoms with Crippen LogP contribution in [0.5, 0.6) is 0 Å². The van der Waals surface area contributed by atoms with Gasteiger partial charge in [0.05, 0.1) is 12.7 Å². The molecule has 8 aromatic rings. The molecule has 1 aliphatic rings. The second kappa shape index (κ2) is 18.7. The van der Waals surface area contributed by atoms with E-state index in [0.29, 0.717) is 48.6 Å². The molecule has 12 nitrogen and oxygen atoms in total. The van der Waals surface area contributed by atoms with E-state index < -0.39 is 17.2 Å². The van der Waals surface area contributed by atoms with Crippen LogP contribution in [0.15, 0.2) is 170 Å². The first-order chi connectivity index (χ1) is 32.1. The quantitative estimate of drug-likeness (QED) is 0.143. The fourth-order valence-corrected chi connectivity index (χ4v) is 8.77. The van der Waals surface area contributed by atoms with Crippen molar-refractivity contribution in [2.75, 3.05) is 32.0 Å². The number of rotatable bonds is 9. The van der Waals surface area contributed by atoms with Gasteiger partial charge in [-0.05, 0) is 72.2 Å². The van der Waals surface area contributed by atoms with E-state index in [1.807, 2.05) is 152 Å². The van der Waals surface area contributed by atoms with Crippen LogP contribution in [0.25, 0.3) is 16.7 Å². The van der Waals surface area contributed by atoms with Crippen LogP contribution in [0.2, 0.25) is 0 Å². The maximum Gasteiger partial charge on any atom is 0.411 e. The molecular formula is C54H53N9O3. The summed E-state index contributed by atoms with van der Waals surface area (Å²) in [4.78, 5) is 37.4. The van der Waals surface area contributed by atoms with Crippen molar-refractivity contribution in [1.82, 2.24) is 39.6 Å². The number of aromatic nitrogens is 6. The number of amides is 2.